The SMILES string of the molecule is Cc1ccc(S(=O)(=O)OCCCc2cc3ccccc3cc2C(F)(F)F)cc1. The van der Waals surface area contributed by atoms with E-state index in [0.29, 0.717) is 10.8 Å². The Kier molecular flexibility index (Phi) is 5.76. The average molecular weight is 408 g/mol. The highest BCUT2D eigenvalue weighted by Gasteiger charge is 2.33. The van der Waals surface area contributed by atoms with Crippen LogP contribution in [0.2, 0.25) is 0 Å². The van der Waals surface area contributed by atoms with E-state index in [-0.39, 0.29) is 29.9 Å². The van der Waals surface area contributed by atoms with Gasteiger partial charge in [-0.15, -0.1) is 0 Å². The van der Waals surface area contributed by atoms with E-state index in [2.05, 4.69) is 0 Å². The van der Waals surface area contributed by atoms with E-state index >= 15 is 0 Å². The van der Waals surface area contributed by atoms with E-state index in [9.17, 15) is 21.6 Å². The molecule has 0 saturated heterocycles. The van der Waals surface area contributed by atoms with Crippen molar-refractivity contribution < 1.29 is 25.8 Å². The van der Waals surface area contributed by atoms with Crippen LogP contribution in [0.4, 0.5) is 13.2 Å². The Morgan fingerprint density at radius 1 is 0.929 bits per heavy atom. The van der Waals surface area contributed by atoms with Crippen LogP contribution in [0, 0.1) is 6.92 Å². The predicted molar refractivity (Wildman–Crippen MR) is 102 cm³/mol. The molecule has 0 N–H and O–H groups in total. The highest BCUT2D eigenvalue weighted by atomic mass is 32.2. The first-order valence-corrected chi connectivity index (χ1v) is 10.1. The maximum atomic E-state index is 13.4. The molecule has 0 fully saturated rings. The van der Waals surface area contributed by atoms with Crippen LogP contribution < -0.4 is 0 Å². The monoisotopic (exact) mass is 408 g/mol. The lowest BCUT2D eigenvalue weighted by Gasteiger charge is -2.14. The maximum absolute atomic E-state index is 13.4. The number of fused-ring (bicyclic) bond motifs is 1. The number of hydrogen-bond donors (Lipinski definition) is 0. The quantitative estimate of drug-likeness (QED) is 0.399. The van der Waals surface area contributed by atoms with Gasteiger partial charge in [-0.3, -0.25) is 4.18 Å². The minimum absolute atomic E-state index is 0.0276. The third-order valence-corrected chi connectivity index (χ3v) is 5.74. The summed E-state index contributed by atoms with van der Waals surface area (Å²) in [6.07, 6.45) is -4.27. The molecule has 0 aliphatic carbocycles. The number of hydrogen-bond acceptors (Lipinski definition) is 3. The summed E-state index contributed by atoms with van der Waals surface area (Å²) in [6.45, 7) is 1.64. The van der Waals surface area contributed by atoms with E-state index in [1.165, 1.54) is 18.2 Å². The van der Waals surface area contributed by atoms with Gasteiger partial charge in [0.05, 0.1) is 17.1 Å². The summed E-state index contributed by atoms with van der Waals surface area (Å²) in [5.74, 6) is 0. The van der Waals surface area contributed by atoms with E-state index in [4.69, 9.17) is 4.18 Å². The lowest BCUT2D eigenvalue weighted by Crippen LogP contribution is -2.11. The number of alkyl halides is 3. The summed E-state index contributed by atoms with van der Waals surface area (Å²) >= 11 is 0. The summed E-state index contributed by atoms with van der Waals surface area (Å²) in [5.41, 5.74) is 0.338. The van der Waals surface area contributed by atoms with E-state index in [0.717, 1.165) is 11.6 Å². The van der Waals surface area contributed by atoms with Gasteiger partial charge in [-0.05, 0) is 54.3 Å². The molecule has 0 saturated carbocycles. The summed E-state index contributed by atoms with van der Waals surface area (Å²) < 4.78 is 69.5. The Bertz CT molecular complexity index is 1070. The van der Waals surface area contributed by atoms with E-state index < -0.39 is 21.9 Å². The van der Waals surface area contributed by atoms with Gasteiger partial charge in [0, 0.05) is 0 Å². The lowest BCUT2D eigenvalue weighted by atomic mass is 9.97. The van der Waals surface area contributed by atoms with Crippen LogP contribution in [0.15, 0.2) is 65.6 Å². The van der Waals surface area contributed by atoms with Crippen molar-refractivity contribution in [3.63, 3.8) is 0 Å². The Hall–Kier alpha value is -2.38. The van der Waals surface area contributed by atoms with Crippen LogP contribution in [-0.2, 0) is 26.9 Å². The van der Waals surface area contributed by atoms with Crippen LogP contribution in [-0.4, -0.2) is 15.0 Å². The van der Waals surface area contributed by atoms with Crippen LogP contribution in [0.5, 0.6) is 0 Å². The molecule has 3 nitrogen and oxygen atoms in total. The van der Waals surface area contributed by atoms with Gasteiger partial charge in [-0.1, -0.05) is 48.0 Å². The van der Waals surface area contributed by atoms with E-state index in [1.54, 1.807) is 36.4 Å². The highest BCUT2D eigenvalue weighted by Crippen LogP contribution is 2.35. The van der Waals surface area contributed by atoms with Crippen LogP contribution in [0.1, 0.15) is 23.1 Å². The van der Waals surface area contributed by atoms with E-state index in [1.807, 2.05) is 6.92 Å². The van der Waals surface area contributed by atoms with Crippen molar-refractivity contribution in [1.29, 1.82) is 0 Å². The van der Waals surface area contributed by atoms with Gasteiger partial charge in [0.2, 0.25) is 0 Å². The number of aryl methyl sites for hydroxylation is 2. The second kappa shape index (κ2) is 7.93. The third kappa shape index (κ3) is 4.72. The minimum Gasteiger partial charge on any atom is -0.266 e. The molecule has 0 aromatic heterocycles. The minimum atomic E-state index is -4.48. The molecule has 0 spiro atoms. The standard InChI is InChI=1S/C21H19F3O3S/c1-15-8-10-19(11-9-15)28(25,26)27-12-4-7-18-13-16-5-2-3-6-17(16)14-20(18)21(22,23)24/h2-3,5-6,8-11,13-14H,4,7,12H2,1H3. The number of halogens is 3. The van der Waals surface area contributed by atoms with Crippen molar-refractivity contribution in [2.45, 2.75) is 30.8 Å². The summed E-state index contributed by atoms with van der Waals surface area (Å²) in [6, 6.07) is 15.7. The van der Waals surface area contributed by atoms with Crippen molar-refractivity contribution in [3.8, 4) is 0 Å². The fraction of sp³-hybridized carbons (Fsp3) is 0.238. The Labute approximate surface area is 161 Å². The summed E-state index contributed by atoms with van der Waals surface area (Å²) in [7, 11) is -3.93. The van der Waals surface area contributed by atoms with Crippen molar-refractivity contribution in [2.24, 2.45) is 0 Å². The molecule has 148 valence electrons. The van der Waals surface area contributed by atoms with Gasteiger partial charge in [0.25, 0.3) is 10.1 Å². The topological polar surface area (TPSA) is 43.4 Å². The van der Waals surface area contributed by atoms with Gasteiger partial charge >= 0.3 is 6.18 Å². The Morgan fingerprint density at radius 2 is 1.54 bits per heavy atom. The normalized spacial score (nSPS) is 12.4. The molecule has 0 amide bonds. The first kappa shape index (κ1) is 20.4. The second-order valence-electron chi connectivity index (χ2n) is 6.55. The first-order chi connectivity index (χ1) is 13.2. The molecular weight excluding hydrogens is 389 g/mol. The molecule has 3 aromatic rings. The van der Waals surface area contributed by atoms with Gasteiger partial charge in [-0.2, -0.15) is 21.6 Å². The second-order valence-corrected chi connectivity index (χ2v) is 8.16. The highest BCUT2D eigenvalue weighted by molar-refractivity contribution is 7.86. The zero-order valence-corrected chi connectivity index (χ0v) is 16.0. The molecule has 0 aliphatic rings. The third-order valence-electron chi connectivity index (χ3n) is 4.42. The van der Waals surface area contributed by atoms with Crippen LogP contribution in [0.25, 0.3) is 10.8 Å². The number of benzene rings is 3. The summed E-state index contributed by atoms with van der Waals surface area (Å²) in [5, 5.41) is 1.22. The largest absolute Gasteiger partial charge is 0.416 e. The smallest absolute Gasteiger partial charge is 0.266 e. The van der Waals surface area contributed by atoms with Gasteiger partial charge < -0.3 is 0 Å². The zero-order chi connectivity index (χ0) is 20.4. The maximum Gasteiger partial charge on any atom is 0.416 e. The van der Waals surface area contributed by atoms with Crippen molar-refractivity contribution >= 4 is 20.9 Å². The fourth-order valence-electron chi connectivity index (χ4n) is 2.96. The Balaban J connectivity index is 1.72. The average Bonchev–Trinajstić information content (AvgIpc) is 2.64. The van der Waals surface area contributed by atoms with Crippen molar-refractivity contribution in [1.82, 2.24) is 0 Å². The molecule has 0 bridgehead atoms. The molecule has 0 radical (unpaired) electrons. The Morgan fingerprint density at radius 3 is 2.14 bits per heavy atom. The van der Waals surface area contributed by atoms with Crippen LogP contribution in [0.3, 0.4) is 0 Å². The van der Waals surface area contributed by atoms with Gasteiger partial charge in [0.15, 0.2) is 0 Å². The summed E-state index contributed by atoms with van der Waals surface area (Å²) in [4.78, 5) is 0.0276. The van der Waals surface area contributed by atoms with Gasteiger partial charge in [0.1, 0.15) is 0 Å². The molecule has 0 heterocycles. The van der Waals surface area contributed by atoms with Crippen LogP contribution >= 0.6 is 0 Å². The van der Waals surface area contributed by atoms with Crippen molar-refractivity contribution in [3.05, 3.63) is 77.4 Å². The molecule has 3 rings (SSSR count). The molecule has 7 heteroatoms. The molecule has 0 unspecified atom stereocenters. The van der Waals surface area contributed by atoms with Gasteiger partial charge in [-0.25, -0.2) is 0 Å². The molecule has 3 aromatic carbocycles. The molecule has 28 heavy (non-hydrogen) atoms. The van der Waals surface area contributed by atoms with Crippen molar-refractivity contribution in [2.75, 3.05) is 6.61 Å². The molecule has 0 aliphatic heterocycles. The fourth-order valence-corrected chi connectivity index (χ4v) is 3.91. The number of rotatable bonds is 6. The molecular formula is C21H19F3O3S. The molecule has 0 atom stereocenters. The predicted octanol–water partition coefficient (Wildman–Crippen LogP) is 5.51. The zero-order valence-electron chi connectivity index (χ0n) is 15.2. The first-order valence-electron chi connectivity index (χ1n) is 8.72. The lowest BCUT2D eigenvalue weighted by molar-refractivity contribution is -0.138.